The fraction of sp³-hybridized carbons (Fsp3) is 0.611. The number of nitrogens with zero attached hydrogens (tertiary/aromatic N) is 2. The van der Waals surface area contributed by atoms with Crippen molar-refractivity contribution in [3.05, 3.63) is 23.8 Å². The Morgan fingerprint density at radius 2 is 1.96 bits per heavy atom. The van der Waals surface area contributed by atoms with E-state index in [2.05, 4.69) is 6.92 Å². The fourth-order valence-electron chi connectivity index (χ4n) is 3.63. The van der Waals surface area contributed by atoms with E-state index in [1.807, 2.05) is 0 Å². The zero-order valence-corrected chi connectivity index (χ0v) is 16.2. The van der Waals surface area contributed by atoms with E-state index in [-0.39, 0.29) is 22.0 Å². The molecule has 144 valence electrons. The van der Waals surface area contributed by atoms with Crippen LogP contribution in [0.5, 0.6) is 5.75 Å². The molecule has 2 heterocycles. The Labute approximate surface area is 155 Å². The van der Waals surface area contributed by atoms with Crippen molar-refractivity contribution in [3.63, 3.8) is 0 Å². The molecule has 0 aromatic heterocycles. The van der Waals surface area contributed by atoms with Gasteiger partial charge in [0, 0.05) is 31.7 Å². The van der Waals surface area contributed by atoms with E-state index in [0.717, 1.165) is 19.3 Å². The topological polar surface area (TPSA) is 92.9 Å². The summed E-state index contributed by atoms with van der Waals surface area (Å²) in [6.45, 7) is 4.82. The van der Waals surface area contributed by atoms with Crippen LogP contribution < -0.4 is 10.5 Å². The molecular weight excluding hydrogens is 354 g/mol. The third-order valence-electron chi connectivity index (χ3n) is 5.43. The van der Waals surface area contributed by atoms with E-state index in [0.29, 0.717) is 38.3 Å². The molecule has 2 fully saturated rings. The van der Waals surface area contributed by atoms with E-state index < -0.39 is 10.0 Å². The van der Waals surface area contributed by atoms with Gasteiger partial charge in [0.1, 0.15) is 10.6 Å². The van der Waals surface area contributed by atoms with Gasteiger partial charge in [0.05, 0.1) is 7.11 Å². The molecule has 8 heteroatoms. The van der Waals surface area contributed by atoms with Crippen molar-refractivity contribution in [1.29, 1.82) is 0 Å². The predicted molar refractivity (Wildman–Crippen MR) is 98.7 cm³/mol. The van der Waals surface area contributed by atoms with Crippen molar-refractivity contribution in [2.45, 2.75) is 31.1 Å². The molecule has 0 bridgehead atoms. The van der Waals surface area contributed by atoms with Gasteiger partial charge in [-0.3, -0.25) is 4.79 Å². The van der Waals surface area contributed by atoms with Crippen molar-refractivity contribution in [3.8, 4) is 5.75 Å². The minimum atomic E-state index is -3.67. The van der Waals surface area contributed by atoms with Gasteiger partial charge in [-0.2, -0.15) is 4.31 Å². The van der Waals surface area contributed by atoms with Crippen LogP contribution >= 0.6 is 0 Å². The van der Waals surface area contributed by atoms with E-state index in [1.165, 1.54) is 17.5 Å². The first kappa shape index (κ1) is 19.1. The molecule has 1 aromatic rings. The predicted octanol–water partition coefficient (Wildman–Crippen LogP) is 1.29. The molecule has 2 saturated heterocycles. The number of nitrogens with two attached hydrogens (primary N) is 1. The smallest absolute Gasteiger partial charge is 0.253 e. The highest BCUT2D eigenvalue weighted by Crippen LogP contribution is 2.32. The first-order valence-electron chi connectivity index (χ1n) is 8.98. The first-order valence-corrected chi connectivity index (χ1v) is 10.4. The van der Waals surface area contributed by atoms with Crippen molar-refractivity contribution in [2.75, 3.05) is 39.8 Å². The lowest BCUT2D eigenvalue weighted by Crippen LogP contribution is -2.34. The Balaban J connectivity index is 1.92. The second-order valence-corrected chi connectivity index (χ2v) is 9.37. The molecule has 2 N–H and O–H groups in total. The molecule has 0 aliphatic carbocycles. The highest BCUT2D eigenvalue weighted by Gasteiger charge is 2.36. The number of sulfonamides is 1. The molecule has 1 unspecified atom stereocenters. The summed E-state index contributed by atoms with van der Waals surface area (Å²) in [5, 5.41) is 0. The van der Waals surface area contributed by atoms with Crippen LogP contribution in [-0.2, 0) is 10.0 Å². The van der Waals surface area contributed by atoms with Crippen molar-refractivity contribution < 1.29 is 17.9 Å². The number of carbonyl (C=O) groups excluding carboxylic acids is 1. The minimum absolute atomic E-state index is 0.0635. The summed E-state index contributed by atoms with van der Waals surface area (Å²) in [6, 6.07) is 4.64. The molecule has 2 aliphatic heterocycles. The van der Waals surface area contributed by atoms with E-state index >= 15 is 0 Å². The van der Waals surface area contributed by atoms with Gasteiger partial charge in [0.2, 0.25) is 10.0 Å². The molecule has 1 amide bonds. The van der Waals surface area contributed by atoms with Gasteiger partial charge in [-0.25, -0.2) is 8.42 Å². The van der Waals surface area contributed by atoms with Crippen LogP contribution in [0.1, 0.15) is 36.5 Å². The average molecular weight is 381 g/mol. The second-order valence-electron chi connectivity index (χ2n) is 7.47. The number of carbonyl (C=O) groups is 1. The molecule has 0 saturated carbocycles. The van der Waals surface area contributed by atoms with E-state index in [1.54, 1.807) is 17.0 Å². The summed E-state index contributed by atoms with van der Waals surface area (Å²) in [5.74, 6) is 0.101. The van der Waals surface area contributed by atoms with E-state index in [9.17, 15) is 13.2 Å². The number of ether oxygens (including phenoxy) is 1. The van der Waals surface area contributed by atoms with Crippen LogP contribution in [0.25, 0.3) is 0 Å². The Morgan fingerprint density at radius 1 is 1.27 bits per heavy atom. The SMILES string of the molecule is COc1ccc(C(=O)N2CCC(C)(CN)C2)cc1S(=O)(=O)N1CCCC1. The summed E-state index contributed by atoms with van der Waals surface area (Å²) in [4.78, 5) is 14.7. The fourth-order valence-corrected chi connectivity index (χ4v) is 5.32. The second kappa shape index (κ2) is 7.17. The summed E-state index contributed by atoms with van der Waals surface area (Å²) in [6.07, 6.45) is 2.56. The maximum absolute atomic E-state index is 13.0. The molecule has 7 nitrogen and oxygen atoms in total. The van der Waals surface area contributed by atoms with E-state index in [4.69, 9.17) is 10.5 Å². The van der Waals surface area contributed by atoms with Crippen LogP contribution in [0.15, 0.2) is 23.1 Å². The molecule has 26 heavy (non-hydrogen) atoms. The Morgan fingerprint density at radius 3 is 2.54 bits per heavy atom. The summed E-state index contributed by atoms with van der Waals surface area (Å²) >= 11 is 0. The molecule has 3 rings (SSSR count). The monoisotopic (exact) mass is 381 g/mol. The van der Waals surface area contributed by atoms with Crippen LogP contribution in [0.4, 0.5) is 0 Å². The lowest BCUT2D eigenvalue weighted by atomic mass is 9.90. The number of benzene rings is 1. The maximum atomic E-state index is 13.0. The number of amides is 1. The number of hydrogen-bond donors (Lipinski definition) is 1. The van der Waals surface area contributed by atoms with Crippen molar-refractivity contribution in [1.82, 2.24) is 9.21 Å². The summed E-state index contributed by atoms with van der Waals surface area (Å²) < 4.78 is 32.6. The lowest BCUT2D eigenvalue weighted by molar-refractivity contribution is 0.0776. The Kier molecular flexibility index (Phi) is 5.28. The zero-order chi connectivity index (χ0) is 18.9. The van der Waals surface area contributed by atoms with Gasteiger partial charge in [0.15, 0.2) is 0 Å². The largest absolute Gasteiger partial charge is 0.495 e. The molecule has 2 aliphatic rings. The highest BCUT2D eigenvalue weighted by molar-refractivity contribution is 7.89. The van der Waals surface area contributed by atoms with Gasteiger partial charge in [-0.05, 0) is 49.4 Å². The van der Waals surface area contributed by atoms with Gasteiger partial charge in [0.25, 0.3) is 5.91 Å². The number of likely N-dealkylation sites (tertiary alicyclic amines) is 1. The summed E-state index contributed by atoms with van der Waals surface area (Å²) in [5.41, 5.74) is 6.11. The maximum Gasteiger partial charge on any atom is 0.253 e. The zero-order valence-electron chi connectivity index (χ0n) is 15.4. The molecule has 1 atom stereocenters. The molecule has 1 aromatic carbocycles. The van der Waals surface area contributed by atoms with Crippen LogP contribution in [0.2, 0.25) is 0 Å². The third kappa shape index (κ3) is 3.45. The quantitative estimate of drug-likeness (QED) is 0.830. The molecular formula is C18H27N3O4S. The minimum Gasteiger partial charge on any atom is -0.495 e. The number of hydrogen-bond acceptors (Lipinski definition) is 5. The highest BCUT2D eigenvalue weighted by atomic mass is 32.2. The van der Waals surface area contributed by atoms with Gasteiger partial charge in [-0.1, -0.05) is 6.92 Å². The Hall–Kier alpha value is -1.64. The third-order valence-corrected chi connectivity index (χ3v) is 7.35. The molecule has 0 radical (unpaired) electrons. The van der Waals surface area contributed by atoms with Gasteiger partial charge >= 0.3 is 0 Å². The van der Waals surface area contributed by atoms with Gasteiger partial charge < -0.3 is 15.4 Å². The number of methoxy groups -OCH3 is 1. The number of rotatable bonds is 5. The lowest BCUT2D eigenvalue weighted by Gasteiger charge is -2.23. The van der Waals surface area contributed by atoms with Crippen molar-refractivity contribution in [2.24, 2.45) is 11.1 Å². The standard InChI is InChI=1S/C18H27N3O4S/c1-18(12-19)7-10-20(13-18)17(22)14-5-6-15(25-2)16(11-14)26(23,24)21-8-3-4-9-21/h5-6,11H,3-4,7-10,12-13,19H2,1-2H3. The van der Waals surface area contributed by atoms with Crippen LogP contribution in [0, 0.1) is 5.41 Å². The van der Waals surface area contributed by atoms with Crippen molar-refractivity contribution >= 4 is 15.9 Å². The first-order chi connectivity index (χ1) is 12.3. The molecule has 0 spiro atoms. The van der Waals surface area contributed by atoms with Crippen LogP contribution in [0.3, 0.4) is 0 Å². The van der Waals surface area contributed by atoms with Gasteiger partial charge in [-0.15, -0.1) is 0 Å². The van der Waals surface area contributed by atoms with Crippen LogP contribution in [-0.4, -0.2) is 63.4 Å². The normalized spacial score (nSPS) is 24.2. The average Bonchev–Trinajstić information content (AvgIpc) is 3.31. The summed E-state index contributed by atoms with van der Waals surface area (Å²) in [7, 11) is -2.23. The Bertz CT molecular complexity index is 790.